The average molecular weight is 416 g/mol. The summed E-state index contributed by atoms with van der Waals surface area (Å²) in [5.74, 6) is 1.39. The lowest BCUT2D eigenvalue weighted by atomic mass is 9.92. The van der Waals surface area contributed by atoms with Crippen molar-refractivity contribution in [2.45, 2.75) is 51.7 Å². The van der Waals surface area contributed by atoms with Crippen LogP contribution in [0, 0.1) is 0 Å². The third-order valence-corrected chi connectivity index (χ3v) is 5.63. The van der Waals surface area contributed by atoms with E-state index in [1.807, 2.05) is 67.6 Å². The van der Waals surface area contributed by atoms with Gasteiger partial charge in [-0.2, -0.15) is 0 Å². The molecule has 0 spiro atoms. The number of rotatable bonds is 8. The molecular formula is C27H29NO3. The number of hydrogen-bond acceptors (Lipinski definition) is 3. The van der Waals surface area contributed by atoms with Crippen LogP contribution < -0.4 is 14.8 Å². The fourth-order valence-electron chi connectivity index (χ4n) is 3.87. The van der Waals surface area contributed by atoms with E-state index in [9.17, 15) is 4.79 Å². The summed E-state index contributed by atoms with van der Waals surface area (Å²) < 4.78 is 11.8. The number of ether oxygens (including phenoxy) is 2. The third kappa shape index (κ3) is 5.66. The minimum absolute atomic E-state index is 0.141. The molecule has 1 aliphatic carbocycles. The Kier molecular flexibility index (Phi) is 6.88. The molecular weight excluding hydrogens is 386 g/mol. The molecule has 0 aromatic heterocycles. The van der Waals surface area contributed by atoms with Gasteiger partial charge in [0.05, 0.1) is 0 Å². The summed E-state index contributed by atoms with van der Waals surface area (Å²) in [5.41, 5.74) is 4.60. The molecule has 1 amide bonds. The van der Waals surface area contributed by atoms with Gasteiger partial charge in [0, 0.05) is 5.69 Å². The maximum atomic E-state index is 12.8. The van der Waals surface area contributed by atoms with E-state index in [-0.39, 0.29) is 5.91 Å². The zero-order valence-electron chi connectivity index (χ0n) is 18.0. The number of fused-ring (bicyclic) bond motifs is 1. The fourth-order valence-corrected chi connectivity index (χ4v) is 3.87. The van der Waals surface area contributed by atoms with Gasteiger partial charge in [-0.15, -0.1) is 0 Å². The number of hydrogen-bond donors (Lipinski definition) is 1. The topological polar surface area (TPSA) is 47.6 Å². The summed E-state index contributed by atoms with van der Waals surface area (Å²) >= 11 is 0. The van der Waals surface area contributed by atoms with Crippen LogP contribution in [-0.4, -0.2) is 12.0 Å². The Morgan fingerprint density at radius 1 is 0.903 bits per heavy atom. The standard InChI is InChI=1S/C27H29NO3/c1-2-26(31-25-15-12-21-10-6-7-11-22(21)18-25)27(29)28-23-13-16-24(17-14-23)30-19-20-8-4-3-5-9-20/h3-5,8-9,12-18,26H,2,6-7,10-11,19H2,1H3,(H,28,29)/t26-/m1/s1. The zero-order chi connectivity index (χ0) is 21.5. The quantitative estimate of drug-likeness (QED) is 0.495. The van der Waals surface area contributed by atoms with Gasteiger partial charge < -0.3 is 14.8 Å². The van der Waals surface area contributed by atoms with Gasteiger partial charge in [-0.1, -0.05) is 43.3 Å². The van der Waals surface area contributed by atoms with E-state index in [0.29, 0.717) is 13.0 Å². The fraction of sp³-hybridized carbons (Fsp3) is 0.296. The molecule has 0 fully saturated rings. The van der Waals surface area contributed by atoms with Crippen molar-refractivity contribution in [2.24, 2.45) is 0 Å². The van der Waals surface area contributed by atoms with Gasteiger partial charge in [0.2, 0.25) is 0 Å². The van der Waals surface area contributed by atoms with Crippen molar-refractivity contribution >= 4 is 11.6 Å². The molecule has 4 rings (SSSR count). The highest BCUT2D eigenvalue weighted by atomic mass is 16.5. The van der Waals surface area contributed by atoms with Crippen molar-refractivity contribution in [1.29, 1.82) is 0 Å². The number of anilines is 1. The van der Waals surface area contributed by atoms with Gasteiger partial charge in [-0.05, 0) is 85.2 Å². The van der Waals surface area contributed by atoms with Crippen LogP contribution in [0.2, 0.25) is 0 Å². The van der Waals surface area contributed by atoms with Crippen LogP contribution in [0.25, 0.3) is 0 Å². The average Bonchev–Trinajstić information content (AvgIpc) is 2.82. The molecule has 0 aliphatic heterocycles. The molecule has 0 bridgehead atoms. The molecule has 1 aliphatic rings. The normalized spacial score (nSPS) is 13.7. The third-order valence-electron chi connectivity index (χ3n) is 5.63. The van der Waals surface area contributed by atoms with Crippen LogP contribution in [0.4, 0.5) is 5.69 Å². The predicted molar refractivity (Wildman–Crippen MR) is 124 cm³/mol. The van der Waals surface area contributed by atoms with Crippen molar-refractivity contribution in [3.63, 3.8) is 0 Å². The number of amides is 1. The van der Waals surface area contributed by atoms with Gasteiger partial charge in [-0.3, -0.25) is 4.79 Å². The molecule has 0 heterocycles. The van der Waals surface area contributed by atoms with E-state index in [0.717, 1.165) is 35.6 Å². The first kappa shape index (κ1) is 21.0. The number of carbonyl (C=O) groups excluding carboxylic acids is 1. The Labute approximate surface area is 184 Å². The van der Waals surface area contributed by atoms with E-state index >= 15 is 0 Å². The number of carbonyl (C=O) groups is 1. The second-order valence-electron chi connectivity index (χ2n) is 7.94. The first-order valence-electron chi connectivity index (χ1n) is 11.1. The second-order valence-corrected chi connectivity index (χ2v) is 7.94. The van der Waals surface area contributed by atoms with E-state index < -0.39 is 6.10 Å². The summed E-state index contributed by atoms with van der Waals surface area (Å²) in [4.78, 5) is 12.8. The minimum Gasteiger partial charge on any atom is -0.489 e. The molecule has 4 nitrogen and oxygen atoms in total. The largest absolute Gasteiger partial charge is 0.489 e. The van der Waals surface area contributed by atoms with Crippen molar-refractivity contribution < 1.29 is 14.3 Å². The molecule has 0 unspecified atom stereocenters. The van der Waals surface area contributed by atoms with Crippen LogP contribution >= 0.6 is 0 Å². The molecule has 1 atom stereocenters. The van der Waals surface area contributed by atoms with E-state index in [2.05, 4.69) is 17.4 Å². The van der Waals surface area contributed by atoms with E-state index in [1.54, 1.807) is 0 Å². The molecule has 160 valence electrons. The zero-order valence-corrected chi connectivity index (χ0v) is 18.0. The van der Waals surface area contributed by atoms with E-state index in [1.165, 1.54) is 24.0 Å². The Bertz CT molecular complexity index is 999. The Morgan fingerprint density at radius 3 is 2.35 bits per heavy atom. The van der Waals surface area contributed by atoms with Crippen LogP contribution in [0.1, 0.15) is 42.9 Å². The monoisotopic (exact) mass is 415 g/mol. The van der Waals surface area contributed by atoms with Crippen molar-refractivity contribution in [2.75, 3.05) is 5.32 Å². The summed E-state index contributed by atoms with van der Waals surface area (Å²) in [6, 6.07) is 23.7. The summed E-state index contributed by atoms with van der Waals surface area (Å²) in [6.45, 7) is 2.47. The van der Waals surface area contributed by atoms with Gasteiger partial charge in [0.1, 0.15) is 18.1 Å². The smallest absolute Gasteiger partial charge is 0.265 e. The SMILES string of the molecule is CC[C@@H](Oc1ccc2c(c1)CCCC2)C(=O)Nc1ccc(OCc2ccccc2)cc1. The van der Waals surface area contributed by atoms with Crippen molar-refractivity contribution in [3.05, 3.63) is 89.5 Å². The molecule has 0 radical (unpaired) electrons. The van der Waals surface area contributed by atoms with Crippen LogP contribution in [0.3, 0.4) is 0 Å². The molecule has 4 heteroatoms. The molecule has 0 saturated heterocycles. The predicted octanol–water partition coefficient (Wildman–Crippen LogP) is 5.94. The lowest BCUT2D eigenvalue weighted by Crippen LogP contribution is -2.32. The van der Waals surface area contributed by atoms with Crippen LogP contribution in [-0.2, 0) is 24.2 Å². The van der Waals surface area contributed by atoms with Gasteiger partial charge in [0.25, 0.3) is 5.91 Å². The second kappa shape index (κ2) is 10.2. The van der Waals surface area contributed by atoms with Crippen molar-refractivity contribution in [3.8, 4) is 11.5 Å². The van der Waals surface area contributed by atoms with Crippen molar-refractivity contribution in [1.82, 2.24) is 0 Å². The first-order valence-corrected chi connectivity index (χ1v) is 11.1. The summed E-state index contributed by atoms with van der Waals surface area (Å²) in [5, 5.41) is 2.96. The van der Waals surface area contributed by atoms with E-state index in [4.69, 9.17) is 9.47 Å². The Morgan fingerprint density at radius 2 is 1.61 bits per heavy atom. The lowest BCUT2D eigenvalue weighted by Gasteiger charge is -2.20. The van der Waals surface area contributed by atoms with Crippen LogP contribution in [0.5, 0.6) is 11.5 Å². The minimum atomic E-state index is -0.532. The summed E-state index contributed by atoms with van der Waals surface area (Å²) in [6.07, 6.45) is 4.77. The molecule has 3 aromatic carbocycles. The first-order chi connectivity index (χ1) is 15.2. The maximum Gasteiger partial charge on any atom is 0.265 e. The lowest BCUT2D eigenvalue weighted by molar-refractivity contribution is -0.122. The molecule has 1 N–H and O–H groups in total. The number of aryl methyl sites for hydroxylation is 2. The molecule has 31 heavy (non-hydrogen) atoms. The van der Waals surface area contributed by atoms with Gasteiger partial charge >= 0.3 is 0 Å². The van der Waals surface area contributed by atoms with Gasteiger partial charge in [-0.25, -0.2) is 0 Å². The Hall–Kier alpha value is -3.27. The highest BCUT2D eigenvalue weighted by Crippen LogP contribution is 2.26. The van der Waals surface area contributed by atoms with Gasteiger partial charge in [0.15, 0.2) is 6.10 Å². The molecule has 3 aromatic rings. The highest BCUT2D eigenvalue weighted by Gasteiger charge is 2.19. The Balaban J connectivity index is 1.33. The number of nitrogens with one attached hydrogen (secondary N) is 1. The highest BCUT2D eigenvalue weighted by molar-refractivity contribution is 5.94. The summed E-state index contributed by atoms with van der Waals surface area (Å²) in [7, 11) is 0. The number of benzene rings is 3. The van der Waals surface area contributed by atoms with Crippen LogP contribution in [0.15, 0.2) is 72.8 Å². The molecule has 0 saturated carbocycles. The maximum absolute atomic E-state index is 12.8.